The zero-order valence-corrected chi connectivity index (χ0v) is 17.3. The maximum absolute atomic E-state index is 12.5. The summed E-state index contributed by atoms with van der Waals surface area (Å²) in [4.78, 5) is 14.9. The van der Waals surface area contributed by atoms with Gasteiger partial charge in [0.2, 0.25) is 0 Å². The number of halogens is 2. The summed E-state index contributed by atoms with van der Waals surface area (Å²) in [6.45, 7) is 4.40. The number of benzene rings is 1. The molecule has 8 heteroatoms. The highest BCUT2D eigenvalue weighted by Crippen LogP contribution is 2.23. The Morgan fingerprint density at radius 1 is 1.13 bits per heavy atom. The third-order valence-electron chi connectivity index (χ3n) is 5.60. The number of hydrogen-bond donors (Lipinski definition) is 1. The topological polar surface area (TPSA) is 58.9 Å². The number of aromatic nitrogens is 2. The summed E-state index contributed by atoms with van der Waals surface area (Å²) in [5, 5.41) is 7.32. The van der Waals surface area contributed by atoms with Crippen LogP contribution in [0.4, 0.5) is 14.5 Å². The van der Waals surface area contributed by atoms with E-state index in [0.29, 0.717) is 18.0 Å². The molecule has 31 heavy (non-hydrogen) atoms. The second-order valence-corrected chi connectivity index (χ2v) is 7.84. The maximum atomic E-state index is 12.5. The Balaban J connectivity index is 0.000000245. The number of pyridine rings is 1. The lowest BCUT2D eigenvalue weighted by molar-refractivity contribution is 0.0946. The smallest absolute Gasteiger partial charge is 0.255 e. The van der Waals surface area contributed by atoms with Crippen LogP contribution in [0.5, 0.6) is 0 Å². The Morgan fingerprint density at radius 3 is 2.48 bits per heavy atom. The first-order valence-electron chi connectivity index (χ1n) is 10.6. The van der Waals surface area contributed by atoms with E-state index in [-0.39, 0.29) is 5.91 Å². The molecule has 5 rings (SSSR count). The molecule has 2 aliphatic heterocycles. The van der Waals surface area contributed by atoms with Gasteiger partial charge in [0.25, 0.3) is 5.91 Å². The standard InChI is InChI=1S/C17H22N4O2.C6H4F2/c22-17(18-10-13-4-8-23-12-13)15-11-19-21-7-3-14(9-16(15)21)20-5-1-2-6-20;7-5-1-2-6(8)4-3-5/h3,7,9,11,13H,1-2,4-6,8,10,12H2,(H,18,22);1-4H. The quantitative estimate of drug-likeness (QED) is 0.689. The molecule has 1 atom stereocenters. The van der Waals surface area contributed by atoms with E-state index in [1.807, 2.05) is 6.20 Å². The lowest BCUT2D eigenvalue weighted by Crippen LogP contribution is -2.29. The number of nitrogens with one attached hydrogen (secondary N) is 1. The summed E-state index contributed by atoms with van der Waals surface area (Å²) >= 11 is 0. The highest BCUT2D eigenvalue weighted by atomic mass is 19.1. The number of carbonyl (C=O) groups is 1. The molecular weight excluding hydrogens is 402 g/mol. The molecule has 0 aliphatic carbocycles. The molecule has 1 unspecified atom stereocenters. The van der Waals surface area contributed by atoms with E-state index in [0.717, 1.165) is 62.5 Å². The van der Waals surface area contributed by atoms with Crippen LogP contribution < -0.4 is 10.2 Å². The molecule has 0 saturated carbocycles. The van der Waals surface area contributed by atoms with Gasteiger partial charge in [-0.2, -0.15) is 5.10 Å². The van der Waals surface area contributed by atoms with Crippen molar-refractivity contribution in [3.8, 4) is 0 Å². The Kier molecular flexibility index (Phi) is 6.76. The molecule has 1 N–H and O–H groups in total. The molecule has 164 valence electrons. The molecular formula is C23H26F2N4O2. The van der Waals surface area contributed by atoms with Crippen molar-refractivity contribution >= 4 is 17.1 Å². The van der Waals surface area contributed by atoms with Crippen molar-refractivity contribution in [3.05, 3.63) is 66.0 Å². The van der Waals surface area contributed by atoms with Gasteiger partial charge < -0.3 is 15.0 Å². The zero-order chi connectivity index (χ0) is 21.6. The SMILES string of the molecule is Fc1ccc(F)cc1.O=C(NCC1CCOC1)c1cnn2ccc(N3CCCC3)cc12. The number of anilines is 1. The number of ether oxygens (including phenoxy) is 1. The van der Waals surface area contributed by atoms with Gasteiger partial charge >= 0.3 is 0 Å². The van der Waals surface area contributed by atoms with E-state index in [9.17, 15) is 13.6 Å². The fourth-order valence-electron chi connectivity index (χ4n) is 3.82. The van der Waals surface area contributed by atoms with Crippen molar-refractivity contribution in [2.24, 2.45) is 5.92 Å². The number of carbonyl (C=O) groups excluding carboxylic acids is 1. The van der Waals surface area contributed by atoms with Crippen molar-refractivity contribution in [2.75, 3.05) is 37.7 Å². The summed E-state index contributed by atoms with van der Waals surface area (Å²) in [7, 11) is 0. The third kappa shape index (κ3) is 5.38. The molecule has 6 nitrogen and oxygen atoms in total. The lowest BCUT2D eigenvalue weighted by atomic mass is 10.1. The van der Waals surface area contributed by atoms with Crippen LogP contribution in [-0.4, -0.2) is 48.4 Å². The van der Waals surface area contributed by atoms with Crippen LogP contribution >= 0.6 is 0 Å². The van der Waals surface area contributed by atoms with Crippen molar-refractivity contribution in [1.29, 1.82) is 0 Å². The molecule has 3 aromatic rings. The van der Waals surface area contributed by atoms with Crippen molar-refractivity contribution in [1.82, 2.24) is 14.9 Å². The summed E-state index contributed by atoms with van der Waals surface area (Å²) in [5.41, 5.74) is 2.69. The molecule has 0 bridgehead atoms. The summed E-state index contributed by atoms with van der Waals surface area (Å²) in [6.07, 6.45) is 7.09. The molecule has 0 spiro atoms. The van der Waals surface area contributed by atoms with Crippen LogP contribution in [0.2, 0.25) is 0 Å². The van der Waals surface area contributed by atoms with Crippen LogP contribution in [0.25, 0.3) is 5.52 Å². The lowest BCUT2D eigenvalue weighted by Gasteiger charge is -2.17. The molecule has 4 heterocycles. The monoisotopic (exact) mass is 428 g/mol. The van der Waals surface area contributed by atoms with E-state index in [2.05, 4.69) is 27.4 Å². The second-order valence-electron chi connectivity index (χ2n) is 7.84. The van der Waals surface area contributed by atoms with Crippen molar-refractivity contribution in [2.45, 2.75) is 19.3 Å². The fourth-order valence-corrected chi connectivity index (χ4v) is 3.82. The van der Waals surface area contributed by atoms with Gasteiger partial charge in [0, 0.05) is 44.0 Å². The van der Waals surface area contributed by atoms with E-state index < -0.39 is 11.6 Å². The van der Waals surface area contributed by atoms with Crippen LogP contribution in [0, 0.1) is 17.6 Å². The largest absolute Gasteiger partial charge is 0.381 e. The Hall–Kier alpha value is -3.00. The van der Waals surface area contributed by atoms with Crippen molar-refractivity contribution < 1.29 is 18.3 Å². The molecule has 2 aliphatic rings. The minimum Gasteiger partial charge on any atom is -0.381 e. The first kappa shape index (κ1) is 21.2. The van der Waals surface area contributed by atoms with Crippen LogP contribution in [0.1, 0.15) is 29.6 Å². The van der Waals surface area contributed by atoms with E-state index in [1.165, 1.54) is 18.5 Å². The van der Waals surface area contributed by atoms with Gasteiger partial charge in [0.15, 0.2) is 0 Å². The number of nitrogens with zero attached hydrogens (tertiary/aromatic N) is 3. The molecule has 0 radical (unpaired) electrons. The van der Waals surface area contributed by atoms with Crippen LogP contribution in [0.3, 0.4) is 0 Å². The van der Waals surface area contributed by atoms with Gasteiger partial charge in [0.05, 0.1) is 23.9 Å². The number of fused-ring (bicyclic) bond motifs is 1. The number of amides is 1. The fraction of sp³-hybridized carbons (Fsp3) is 0.391. The first-order chi connectivity index (χ1) is 15.1. The van der Waals surface area contributed by atoms with Gasteiger partial charge in [-0.25, -0.2) is 13.3 Å². The average Bonchev–Trinajstić information content (AvgIpc) is 3.55. The Labute approximate surface area is 179 Å². The van der Waals surface area contributed by atoms with Gasteiger partial charge in [-0.05, 0) is 55.7 Å². The summed E-state index contributed by atoms with van der Waals surface area (Å²) in [5.74, 6) is -0.441. The first-order valence-corrected chi connectivity index (χ1v) is 10.6. The normalized spacial score (nSPS) is 18.1. The van der Waals surface area contributed by atoms with Gasteiger partial charge in [0.1, 0.15) is 11.6 Å². The van der Waals surface area contributed by atoms with Gasteiger partial charge in [-0.3, -0.25) is 4.79 Å². The second kappa shape index (κ2) is 9.87. The molecule has 1 amide bonds. The summed E-state index contributed by atoms with van der Waals surface area (Å²) < 4.78 is 31.0. The van der Waals surface area contributed by atoms with Gasteiger partial charge in [-0.1, -0.05) is 0 Å². The Bertz CT molecular complexity index is 989. The summed E-state index contributed by atoms with van der Waals surface area (Å²) in [6, 6.07) is 8.46. The van der Waals surface area contributed by atoms with Gasteiger partial charge in [-0.15, -0.1) is 0 Å². The van der Waals surface area contributed by atoms with E-state index in [1.54, 1.807) is 10.7 Å². The average molecular weight is 428 g/mol. The predicted octanol–water partition coefficient (Wildman–Crippen LogP) is 3.67. The highest BCUT2D eigenvalue weighted by molar-refractivity contribution is 6.01. The molecule has 1 aromatic carbocycles. The minimum atomic E-state index is -0.411. The predicted molar refractivity (Wildman–Crippen MR) is 114 cm³/mol. The molecule has 2 aromatic heterocycles. The van der Waals surface area contributed by atoms with E-state index >= 15 is 0 Å². The minimum absolute atomic E-state index is 0.0505. The zero-order valence-electron chi connectivity index (χ0n) is 17.3. The highest BCUT2D eigenvalue weighted by Gasteiger charge is 2.19. The third-order valence-corrected chi connectivity index (χ3v) is 5.60. The van der Waals surface area contributed by atoms with Crippen LogP contribution in [0.15, 0.2) is 48.8 Å². The van der Waals surface area contributed by atoms with Crippen LogP contribution in [-0.2, 0) is 4.74 Å². The number of rotatable bonds is 4. The molecule has 2 saturated heterocycles. The van der Waals surface area contributed by atoms with Crippen molar-refractivity contribution in [3.63, 3.8) is 0 Å². The molecule has 2 fully saturated rings. The maximum Gasteiger partial charge on any atom is 0.255 e. The Morgan fingerprint density at radius 2 is 1.84 bits per heavy atom. The number of hydrogen-bond acceptors (Lipinski definition) is 4. The van der Waals surface area contributed by atoms with E-state index in [4.69, 9.17) is 4.74 Å².